The van der Waals surface area contributed by atoms with Crippen molar-refractivity contribution in [3.05, 3.63) is 56.6 Å². The molecule has 1 amide bonds. The van der Waals surface area contributed by atoms with Crippen molar-refractivity contribution in [2.24, 2.45) is 0 Å². The van der Waals surface area contributed by atoms with E-state index in [1.807, 2.05) is 4.90 Å². The third-order valence-electron chi connectivity index (χ3n) is 4.53. The molecule has 1 heterocycles. The van der Waals surface area contributed by atoms with E-state index in [1.54, 1.807) is 0 Å². The lowest BCUT2D eigenvalue weighted by atomic mass is 10.1. The highest BCUT2D eigenvalue weighted by Gasteiger charge is 2.24. The highest BCUT2D eigenvalue weighted by molar-refractivity contribution is 6.33. The van der Waals surface area contributed by atoms with Crippen molar-refractivity contribution in [3.8, 4) is 5.75 Å². The van der Waals surface area contributed by atoms with Crippen LogP contribution >= 0.6 is 11.6 Å². The zero-order valence-corrected chi connectivity index (χ0v) is 16.6. The van der Waals surface area contributed by atoms with Gasteiger partial charge in [-0.15, -0.1) is 0 Å². The molecule has 0 radical (unpaired) electrons. The number of nitrogens with one attached hydrogen (secondary N) is 1. The summed E-state index contributed by atoms with van der Waals surface area (Å²) in [5.41, 5.74) is 0.0943. The van der Waals surface area contributed by atoms with E-state index < -0.39 is 16.8 Å². The van der Waals surface area contributed by atoms with Crippen molar-refractivity contribution in [3.63, 3.8) is 0 Å². The maximum Gasteiger partial charge on any atom is 0.335 e. The maximum absolute atomic E-state index is 12.7. The summed E-state index contributed by atoms with van der Waals surface area (Å²) in [4.78, 5) is 36.8. The number of nitro groups is 1. The zero-order valence-electron chi connectivity index (χ0n) is 15.9. The molecular formula is C19H18ClN3O7. The summed E-state index contributed by atoms with van der Waals surface area (Å²) >= 11 is 6.04. The minimum Gasteiger partial charge on any atom is -0.493 e. The second-order valence-electron chi connectivity index (χ2n) is 6.36. The molecule has 10 nitrogen and oxygen atoms in total. The van der Waals surface area contributed by atoms with Crippen LogP contribution in [0.2, 0.25) is 5.02 Å². The Bertz CT molecular complexity index is 1010. The Hall–Kier alpha value is -3.37. The van der Waals surface area contributed by atoms with Gasteiger partial charge in [0, 0.05) is 24.7 Å². The maximum atomic E-state index is 12.7. The first-order valence-corrected chi connectivity index (χ1v) is 9.23. The molecule has 0 unspecified atom stereocenters. The number of carboxylic acids is 1. The second-order valence-corrected chi connectivity index (χ2v) is 6.77. The van der Waals surface area contributed by atoms with Gasteiger partial charge in [0.1, 0.15) is 5.69 Å². The van der Waals surface area contributed by atoms with E-state index in [1.165, 1.54) is 37.4 Å². The van der Waals surface area contributed by atoms with Crippen LogP contribution < -0.4 is 15.0 Å². The van der Waals surface area contributed by atoms with E-state index in [-0.39, 0.29) is 33.3 Å². The van der Waals surface area contributed by atoms with E-state index >= 15 is 0 Å². The van der Waals surface area contributed by atoms with Gasteiger partial charge in [0.2, 0.25) is 0 Å². The Morgan fingerprint density at radius 3 is 2.53 bits per heavy atom. The summed E-state index contributed by atoms with van der Waals surface area (Å²) in [5.74, 6) is -1.83. The first kappa shape index (κ1) is 21.3. The van der Waals surface area contributed by atoms with Crippen LogP contribution in [0.25, 0.3) is 0 Å². The molecular weight excluding hydrogens is 418 g/mol. The molecule has 30 heavy (non-hydrogen) atoms. The van der Waals surface area contributed by atoms with Gasteiger partial charge in [0.25, 0.3) is 11.6 Å². The average Bonchev–Trinajstić information content (AvgIpc) is 2.73. The van der Waals surface area contributed by atoms with Crippen molar-refractivity contribution in [2.45, 2.75) is 0 Å². The van der Waals surface area contributed by atoms with E-state index in [0.29, 0.717) is 32.0 Å². The predicted octanol–water partition coefficient (Wildman–Crippen LogP) is 3.04. The molecule has 1 aliphatic rings. The van der Waals surface area contributed by atoms with Gasteiger partial charge in [-0.25, -0.2) is 4.79 Å². The zero-order chi connectivity index (χ0) is 21.8. The number of hydrogen-bond donors (Lipinski definition) is 2. The van der Waals surface area contributed by atoms with Gasteiger partial charge >= 0.3 is 5.97 Å². The molecule has 0 aromatic heterocycles. The topological polar surface area (TPSA) is 131 Å². The van der Waals surface area contributed by atoms with Crippen molar-refractivity contribution in [1.29, 1.82) is 0 Å². The number of amides is 1. The van der Waals surface area contributed by atoms with Gasteiger partial charge in [-0.3, -0.25) is 14.9 Å². The fraction of sp³-hybridized carbons (Fsp3) is 0.263. The number of aromatic carboxylic acids is 1. The van der Waals surface area contributed by atoms with Gasteiger partial charge in [-0.05, 0) is 24.3 Å². The number of ether oxygens (including phenoxy) is 2. The monoisotopic (exact) mass is 435 g/mol. The Kier molecular flexibility index (Phi) is 6.38. The highest BCUT2D eigenvalue weighted by atomic mass is 35.5. The molecule has 0 spiro atoms. The molecule has 0 saturated carbocycles. The van der Waals surface area contributed by atoms with E-state index in [4.69, 9.17) is 21.1 Å². The molecule has 0 atom stereocenters. The third-order valence-corrected chi connectivity index (χ3v) is 4.81. The lowest BCUT2D eigenvalue weighted by molar-refractivity contribution is -0.384. The quantitative estimate of drug-likeness (QED) is 0.522. The number of carbonyl (C=O) groups excluding carboxylic acids is 1. The SMILES string of the molecule is COc1c(Cl)cc(C(=O)O)cc1NC(=O)c1ccc(N2CCOCC2)c([N+](=O)[O-])c1. The lowest BCUT2D eigenvalue weighted by Gasteiger charge is -2.28. The molecule has 0 aliphatic carbocycles. The van der Waals surface area contributed by atoms with Crippen molar-refractivity contribution >= 4 is 40.5 Å². The van der Waals surface area contributed by atoms with Crippen LogP contribution in [0.3, 0.4) is 0 Å². The van der Waals surface area contributed by atoms with Crippen LogP contribution in [-0.2, 0) is 4.74 Å². The number of halogens is 1. The minimum atomic E-state index is -1.24. The normalized spacial score (nSPS) is 13.6. The molecule has 0 bridgehead atoms. The Morgan fingerprint density at radius 1 is 1.23 bits per heavy atom. The summed E-state index contributed by atoms with van der Waals surface area (Å²) in [5, 5.41) is 23.3. The molecule has 1 aliphatic heterocycles. The fourth-order valence-electron chi connectivity index (χ4n) is 3.09. The lowest BCUT2D eigenvalue weighted by Crippen LogP contribution is -2.36. The van der Waals surface area contributed by atoms with Gasteiger partial charge in [0.05, 0.1) is 41.5 Å². The van der Waals surface area contributed by atoms with Crippen LogP contribution in [0.15, 0.2) is 30.3 Å². The smallest absolute Gasteiger partial charge is 0.335 e. The third kappa shape index (κ3) is 4.44. The van der Waals surface area contributed by atoms with Crippen LogP contribution in [0.5, 0.6) is 5.75 Å². The number of carbonyl (C=O) groups is 2. The van der Waals surface area contributed by atoms with Crippen LogP contribution in [-0.4, -0.2) is 55.3 Å². The van der Waals surface area contributed by atoms with E-state index in [9.17, 15) is 24.8 Å². The molecule has 1 fully saturated rings. The van der Waals surface area contributed by atoms with Gasteiger partial charge < -0.3 is 24.8 Å². The first-order valence-electron chi connectivity index (χ1n) is 8.85. The van der Waals surface area contributed by atoms with Crippen LogP contribution in [0.4, 0.5) is 17.1 Å². The number of methoxy groups -OCH3 is 1. The number of hydrogen-bond acceptors (Lipinski definition) is 7. The number of rotatable bonds is 6. The van der Waals surface area contributed by atoms with Gasteiger partial charge in [0.15, 0.2) is 5.75 Å². The minimum absolute atomic E-state index is 0.00125. The van der Waals surface area contributed by atoms with Crippen molar-refractivity contribution < 1.29 is 29.1 Å². The van der Waals surface area contributed by atoms with Crippen LogP contribution in [0.1, 0.15) is 20.7 Å². The van der Waals surface area contributed by atoms with Crippen molar-refractivity contribution in [2.75, 3.05) is 43.6 Å². The Balaban J connectivity index is 1.93. The number of nitrogens with zero attached hydrogens (tertiary/aromatic N) is 2. The summed E-state index contributed by atoms with van der Waals surface area (Å²) in [6.45, 7) is 1.92. The van der Waals surface area contributed by atoms with Crippen LogP contribution in [0, 0.1) is 10.1 Å². The summed E-state index contributed by atoms with van der Waals surface area (Å²) in [7, 11) is 1.32. The number of anilines is 2. The molecule has 11 heteroatoms. The highest BCUT2D eigenvalue weighted by Crippen LogP contribution is 2.35. The molecule has 158 valence electrons. The van der Waals surface area contributed by atoms with Gasteiger partial charge in [-0.1, -0.05) is 11.6 Å². The molecule has 3 rings (SSSR count). The van der Waals surface area contributed by atoms with E-state index in [2.05, 4.69) is 5.32 Å². The summed E-state index contributed by atoms with van der Waals surface area (Å²) in [6.07, 6.45) is 0. The second kappa shape index (κ2) is 8.97. The average molecular weight is 436 g/mol. The van der Waals surface area contributed by atoms with E-state index in [0.717, 1.165) is 0 Å². The molecule has 2 N–H and O–H groups in total. The number of morpholine rings is 1. The predicted molar refractivity (Wildman–Crippen MR) is 109 cm³/mol. The fourth-order valence-corrected chi connectivity index (χ4v) is 3.39. The van der Waals surface area contributed by atoms with Gasteiger partial charge in [-0.2, -0.15) is 0 Å². The Morgan fingerprint density at radius 2 is 1.93 bits per heavy atom. The number of benzene rings is 2. The number of carboxylic acid groups (broad SMARTS) is 1. The summed E-state index contributed by atoms with van der Waals surface area (Å²) < 4.78 is 10.4. The standard InChI is InChI=1S/C19H18ClN3O7/c1-29-17-13(20)8-12(19(25)26)9-14(17)21-18(24)11-2-3-15(16(10-11)23(27)28)22-4-6-30-7-5-22/h2-3,8-10H,4-7H2,1H3,(H,21,24)(H,25,26). The molecule has 2 aromatic rings. The summed E-state index contributed by atoms with van der Waals surface area (Å²) in [6, 6.07) is 6.54. The first-order chi connectivity index (χ1) is 14.3. The van der Waals surface area contributed by atoms with Crippen molar-refractivity contribution in [1.82, 2.24) is 0 Å². The largest absolute Gasteiger partial charge is 0.493 e. The Labute approximate surface area is 176 Å². The number of nitro benzene ring substituents is 1. The molecule has 2 aromatic carbocycles. The molecule has 1 saturated heterocycles.